The van der Waals surface area contributed by atoms with Crippen LogP contribution in [0.15, 0.2) is 401 Å². The molecule has 4 N–H and O–H groups in total. The van der Waals surface area contributed by atoms with Gasteiger partial charge < -0.3 is 24.5 Å². The minimum Gasteiger partial charge on any atom is -0.354 e. The largest absolute Gasteiger partial charge is 0.354 e. The maximum Gasteiger partial charge on any atom is 0.216 e. The number of halogens is 4. The standard InChI is InChI=1S/C23H21N.C22H16ClFN2O2.C22H17ClN2O2.C22H17FN2O2.C21H17N3O2.H2S/c1-2-20(18-11-5-3-6-12-18)22-17-24(19-13-7-4-8-14-19)23-16-10-9-15-21(22)23;23-18-12-15(10-11-19(18)24)22-21(16-8-4-5-9-20(16)25-22)17(13-26(27)28)14-6-2-1-3-7-14;2*23-17-12-10-16(11-13-17)22-21(18-8-4-5-9-20(18)24-22)19(14-25(26)27)15-6-2-1-3-7-15;25-24(26)14-17(18-11-6-7-13-22-18)20-16-10-4-5-12-19(16)23-21(20)15-8-2-1-3-9-15;/h3-17,20H,2H2,1H3;1-12,17,25H,13H2;2*1-13,19,24H,14H2;1-13,17,23H,14H2;1H2/t;;;;17-;/m....0./s1. The number of fused-ring (bicyclic) bond motifs is 5. The van der Waals surface area contributed by atoms with E-state index in [2.05, 4.69) is 128 Å². The molecule has 0 spiro atoms. The molecule has 5 atom stereocenters. The number of aromatic amines is 4. The Morgan fingerprint density at radius 3 is 1.04 bits per heavy atom. The summed E-state index contributed by atoms with van der Waals surface area (Å²) in [7, 11) is 0. The smallest absolute Gasteiger partial charge is 0.216 e. The Morgan fingerprint density at radius 2 is 0.654 bits per heavy atom. The van der Waals surface area contributed by atoms with Crippen LogP contribution in [-0.2, 0) is 0 Å². The molecule has 14 aromatic carbocycles. The molecule has 6 heterocycles. The van der Waals surface area contributed by atoms with Crippen LogP contribution in [-0.4, -0.2) is 75.4 Å². The van der Waals surface area contributed by atoms with E-state index in [1.54, 1.807) is 30.5 Å². The van der Waals surface area contributed by atoms with Crippen LogP contribution in [0.2, 0.25) is 10.0 Å². The number of pyridine rings is 1. The van der Waals surface area contributed by atoms with Gasteiger partial charge in [-0.05, 0) is 182 Å². The molecule has 0 saturated carbocycles. The molecule has 662 valence electrons. The van der Waals surface area contributed by atoms with Gasteiger partial charge in [0.15, 0.2) is 0 Å². The minimum absolute atomic E-state index is 0. The topological polar surface area (TPSA) is 254 Å². The van der Waals surface area contributed by atoms with Crippen LogP contribution in [0.25, 0.3) is 105 Å². The first kappa shape index (κ1) is 92.0. The third kappa shape index (κ3) is 21.4. The van der Waals surface area contributed by atoms with E-state index < -0.39 is 23.6 Å². The Morgan fingerprint density at radius 1 is 0.338 bits per heavy atom. The second kappa shape index (κ2) is 43.2. The zero-order valence-electron chi connectivity index (χ0n) is 72.0. The Balaban J connectivity index is 0.000000127. The SMILES string of the molecule is CCC(c1ccccc1)c1cn(-c2ccccc2)c2ccccc12.O=[N+]([O-])CC(c1ccccc1)c1c(-c2ccc(Cl)cc2)[nH]c2ccccc12.O=[N+]([O-])CC(c1ccccc1)c1c(-c2ccc(F)c(Cl)c2)[nH]c2ccccc12.O=[N+]([O-])CC(c1ccccc1)c1c(-c2ccc(F)cc2)[nH]c2ccccc12.O=[N+]([O-])C[C@@H](c1ccccn1)c1c(-c2ccccc2)[nH]c2ccccc12.S. The fourth-order valence-corrected chi connectivity index (χ4v) is 18.1. The average molecular weight is 1820 g/mol. The molecule has 23 heteroatoms. The zero-order chi connectivity index (χ0) is 91.6. The summed E-state index contributed by atoms with van der Waals surface area (Å²) in [6.45, 7) is 1.41. The molecule has 4 unspecified atom stereocenters. The van der Waals surface area contributed by atoms with Crippen LogP contribution in [0.1, 0.15) is 98.7 Å². The van der Waals surface area contributed by atoms with Gasteiger partial charge >= 0.3 is 0 Å². The Hall–Kier alpha value is -15.7. The molecule has 20 aromatic rings. The molecule has 0 fully saturated rings. The van der Waals surface area contributed by atoms with Crippen molar-refractivity contribution >= 4 is 91.2 Å². The lowest BCUT2D eigenvalue weighted by molar-refractivity contribution is -0.481. The first-order chi connectivity index (χ1) is 64.4. The monoisotopic (exact) mass is 1820 g/mol. The summed E-state index contributed by atoms with van der Waals surface area (Å²) in [6.07, 6.45) is 5.09. The van der Waals surface area contributed by atoms with E-state index in [9.17, 15) is 49.2 Å². The van der Waals surface area contributed by atoms with Gasteiger partial charge in [-0.2, -0.15) is 13.5 Å². The number of nitrogens with zero attached hydrogens (tertiary/aromatic N) is 6. The maximum atomic E-state index is 13.7. The van der Waals surface area contributed by atoms with E-state index in [0.29, 0.717) is 27.9 Å². The highest BCUT2D eigenvalue weighted by atomic mass is 35.5. The van der Waals surface area contributed by atoms with Crippen LogP contribution < -0.4 is 0 Å². The first-order valence-electron chi connectivity index (χ1n) is 43.1. The summed E-state index contributed by atoms with van der Waals surface area (Å²) in [5, 5.41) is 51.7. The number of hydrogen-bond donors (Lipinski definition) is 4. The van der Waals surface area contributed by atoms with Gasteiger partial charge in [-0.1, -0.05) is 309 Å². The summed E-state index contributed by atoms with van der Waals surface area (Å²) in [4.78, 5) is 62.8. The van der Waals surface area contributed by atoms with Gasteiger partial charge in [-0.25, -0.2) is 8.78 Å². The third-order valence-corrected chi connectivity index (χ3v) is 24.2. The summed E-state index contributed by atoms with van der Waals surface area (Å²) >= 11 is 12.0. The number of benzene rings is 14. The molecular formula is C110H90Cl2F2N10O8S. The predicted molar refractivity (Wildman–Crippen MR) is 535 cm³/mol. The summed E-state index contributed by atoms with van der Waals surface area (Å²) in [6, 6.07) is 123. The van der Waals surface area contributed by atoms with Crippen molar-refractivity contribution in [2.24, 2.45) is 0 Å². The molecule has 20 rings (SSSR count). The van der Waals surface area contributed by atoms with Crippen molar-refractivity contribution in [3.05, 3.63) is 519 Å². The zero-order valence-corrected chi connectivity index (χ0v) is 74.5. The Bertz CT molecular complexity index is 7190. The van der Waals surface area contributed by atoms with Crippen molar-refractivity contribution in [1.29, 1.82) is 0 Å². The summed E-state index contributed by atoms with van der Waals surface area (Å²) in [5.74, 6) is -2.08. The van der Waals surface area contributed by atoms with Crippen molar-refractivity contribution < 1.29 is 28.5 Å². The second-order valence-electron chi connectivity index (χ2n) is 31.8. The van der Waals surface area contributed by atoms with Crippen molar-refractivity contribution in [1.82, 2.24) is 29.5 Å². The number of aromatic nitrogens is 6. The van der Waals surface area contributed by atoms with Crippen molar-refractivity contribution in [2.75, 3.05) is 26.2 Å². The van der Waals surface area contributed by atoms with Crippen LogP contribution in [0.4, 0.5) is 8.78 Å². The van der Waals surface area contributed by atoms with E-state index in [4.69, 9.17) is 23.2 Å². The number of rotatable bonds is 24. The van der Waals surface area contributed by atoms with Gasteiger partial charge in [0, 0.05) is 103 Å². The number of para-hydroxylation sites is 6. The van der Waals surface area contributed by atoms with Gasteiger partial charge in [0.25, 0.3) is 0 Å². The molecule has 0 aliphatic heterocycles. The lowest BCUT2D eigenvalue weighted by Crippen LogP contribution is -2.15. The van der Waals surface area contributed by atoms with Gasteiger partial charge in [0.1, 0.15) is 11.6 Å². The number of nitro groups is 4. The number of hydrogen-bond acceptors (Lipinski definition) is 9. The molecule has 18 nitrogen and oxygen atoms in total. The molecule has 6 aromatic heterocycles. The van der Waals surface area contributed by atoms with E-state index in [0.717, 1.165) is 123 Å². The van der Waals surface area contributed by atoms with E-state index in [-0.39, 0.29) is 76.1 Å². The highest BCUT2D eigenvalue weighted by Gasteiger charge is 2.33. The maximum absolute atomic E-state index is 13.7. The van der Waals surface area contributed by atoms with Gasteiger partial charge in [-0.15, -0.1) is 0 Å². The van der Waals surface area contributed by atoms with Crippen LogP contribution in [0.3, 0.4) is 0 Å². The molecule has 0 aliphatic carbocycles. The van der Waals surface area contributed by atoms with Crippen LogP contribution in [0, 0.1) is 52.1 Å². The van der Waals surface area contributed by atoms with Crippen molar-refractivity contribution in [2.45, 2.75) is 42.9 Å². The molecular weight excluding hydrogens is 1730 g/mol. The first-order valence-corrected chi connectivity index (χ1v) is 43.9. The second-order valence-corrected chi connectivity index (χ2v) is 32.6. The average Bonchev–Trinajstić information content (AvgIpc) is 1.65. The molecule has 0 bridgehead atoms. The Labute approximate surface area is 782 Å². The summed E-state index contributed by atoms with van der Waals surface area (Å²) in [5.41, 5.74) is 22.6. The molecule has 0 aliphatic rings. The lowest BCUT2D eigenvalue weighted by atomic mass is 9.87. The van der Waals surface area contributed by atoms with Gasteiger partial charge in [0.2, 0.25) is 26.2 Å². The molecule has 0 saturated heterocycles. The lowest BCUT2D eigenvalue weighted by Gasteiger charge is -2.16. The fourth-order valence-electron chi connectivity index (χ4n) is 17.8. The van der Waals surface area contributed by atoms with E-state index in [1.165, 1.54) is 45.9 Å². The Kier molecular flexibility index (Phi) is 29.9. The summed E-state index contributed by atoms with van der Waals surface area (Å²) < 4.78 is 29.4. The third-order valence-electron chi connectivity index (χ3n) is 23.7. The molecule has 133 heavy (non-hydrogen) atoms. The fraction of sp³-hybridized carbons (Fsp3) is 0.100. The van der Waals surface area contributed by atoms with E-state index in [1.807, 2.05) is 261 Å². The highest BCUT2D eigenvalue weighted by Crippen LogP contribution is 2.45. The van der Waals surface area contributed by atoms with E-state index >= 15 is 0 Å². The highest BCUT2D eigenvalue weighted by molar-refractivity contribution is 7.59. The van der Waals surface area contributed by atoms with Gasteiger partial charge in [-0.3, -0.25) is 45.4 Å². The number of H-pyrrole nitrogens is 4. The minimum atomic E-state index is -0.507. The number of nitrogens with one attached hydrogen (secondary N) is 4. The predicted octanol–water partition coefficient (Wildman–Crippen LogP) is 28.2. The molecule has 0 amide bonds. The quantitative estimate of drug-likeness (QED) is 0.0331. The van der Waals surface area contributed by atoms with Crippen molar-refractivity contribution in [3.63, 3.8) is 0 Å². The van der Waals surface area contributed by atoms with Crippen LogP contribution >= 0.6 is 36.7 Å². The van der Waals surface area contributed by atoms with Crippen LogP contribution in [0.5, 0.6) is 0 Å². The van der Waals surface area contributed by atoms with Gasteiger partial charge in [0.05, 0.1) is 62.7 Å². The van der Waals surface area contributed by atoms with Crippen molar-refractivity contribution in [3.8, 4) is 50.7 Å². The molecule has 0 radical (unpaired) electrons. The normalized spacial score (nSPS) is 12.1.